The molecule has 7 heteroatoms. The lowest BCUT2D eigenvalue weighted by molar-refractivity contribution is -0.123. The van der Waals surface area contributed by atoms with Crippen molar-refractivity contribution in [1.29, 1.82) is 0 Å². The van der Waals surface area contributed by atoms with Gasteiger partial charge in [-0.05, 0) is 39.8 Å². The minimum Gasteiger partial charge on any atom is -0.355 e. The maximum atomic E-state index is 11.5. The molecular formula is C17H36IN5O. The zero-order valence-electron chi connectivity index (χ0n) is 15.9. The predicted octanol–water partition coefficient (Wildman–Crippen LogP) is 1.81. The number of guanidine groups is 1. The summed E-state index contributed by atoms with van der Waals surface area (Å²) in [5.74, 6) is 0.896. The molecule has 1 heterocycles. The largest absolute Gasteiger partial charge is 0.355 e. The molecular weight excluding hydrogens is 417 g/mol. The predicted molar refractivity (Wildman–Crippen MR) is 112 cm³/mol. The SMILES string of the molecule is CN=C(NCCNC(=O)C(C)C)NCC(C)(C)N1CCCCC1.I. The molecule has 0 aromatic carbocycles. The van der Waals surface area contributed by atoms with Crippen LogP contribution in [-0.4, -0.2) is 62.1 Å². The van der Waals surface area contributed by atoms with Crippen LogP contribution in [-0.2, 0) is 4.79 Å². The summed E-state index contributed by atoms with van der Waals surface area (Å²) in [5.41, 5.74) is 0.115. The molecule has 3 N–H and O–H groups in total. The summed E-state index contributed by atoms with van der Waals surface area (Å²) in [6.07, 6.45) is 3.95. The van der Waals surface area contributed by atoms with Gasteiger partial charge < -0.3 is 16.0 Å². The molecule has 1 rings (SSSR count). The van der Waals surface area contributed by atoms with Gasteiger partial charge >= 0.3 is 0 Å². The summed E-state index contributed by atoms with van der Waals surface area (Å²) in [6, 6.07) is 0. The van der Waals surface area contributed by atoms with Crippen LogP contribution in [0.1, 0.15) is 47.0 Å². The van der Waals surface area contributed by atoms with Gasteiger partial charge in [0, 0.05) is 38.1 Å². The molecule has 0 radical (unpaired) electrons. The monoisotopic (exact) mass is 453 g/mol. The summed E-state index contributed by atoms with van der Waals surface area (Å²) in [4.78, 5) is 18.3. The van der Waals surface area contributed by atoms with Gasteiger partial charge in [0.05, 0.1) is 0 Å². The van der Waals surface area contributed by atoms with Gasteiger partial charge in [0.1, 0.15) is 0 Å². The van der Waals surface area contributed by atoms with Crippen molar-refractivity contribution in [2.75, 3.05) is 39.8 Å². The molecule has 24 heavy (non-hydrogen) atoms. The van der Waals surface area contributed by atoms with E-state index in [-0.39, 0.29) is 41.3 Å². The van der Waals surface area contributed by atoms with Gasteiger partial charge in [-0.3, -0.25) is 14.7 Å². The maximum absolute atomic E-state index is 11.5. The van der Waals surface area contributed by atoms with E-state index in [2.05, 4.69) is 39.7 Å². The first kappa shape index (κ1) is 23.4. The number of likely N-dealkylation sites (tertiary alicyclic amines) is 1. The quantitative estimate of drug-likeness (QED) is 0.238. The number of hydrogen-bond acceptors (Lipinski definition) is 3. The number of carbonyl (C=O) groups is 1. The molecule has 1 amide bonds. The molecule has 0 saturated carbocycles. The second kappa shape index (κ2) is 11.9. The van der Waals surface area contributed by atoms with E-state index < -0.39 is 0 Å². The van der Waals surface area contributed by atoms with Crippen LogP contribution in [0.5, 0.6) is 0 Å². The van der Waals surface area contributed by atoms with E-state index in [1.807, 2.05) is 13.8 Å². The van der Waals surface area contributed by atoms with Crippen LogP contribution in [0.25, 0.3) is 0 Å². The first-order valence-electron chi connectivity index (χ1n) is 8.84. The van der Waals surface area contributed by atoms with Crippen molar-refractivity contribution >= 4 is 35.8 Å². The molecule has 1 aliphatic rings. The molecule has 1 aliphatic heterocycles. The van der Waals surface area contributed by atoms with Gasteiger partial charge in [0.25, 0.3) is 0 Å². The van der Waals surface area contributed by atoms with Crippen molar-refractivity contribution in [2.24, 2.45) is 10.9 Å². The third kappa shape index (κ3) is 8.50. The number of halogens is 1. The molecule has 0 atom stereocenters. The molecule has 0 unspecified atom stereocenters. The first-order chi connectivity index (χ1) is 10.9. The van der Waals surface area contributed by atoms with Crippen molar-refractivity contribution in [3.05, 3.63) is 0 Å². The van der Waals surface area contributed by atoms with Gasteiger partial charge in [-0.15, -0.1) is 24.0 Å². The van der Waals surface area contributed by atoms with E-state index in [1.165, 1.54) is 32.4 Å². The Bertz CT molecular complexity index is 392. The van der Waals surface area contributed by atoms with Crippen LogP contribution in [0.2, 0.25) is 0 Å². The number of piperidine rings is 1. The van der Waals surface area contributed by atoms with Crippen LogP contribution in [0, 0.1) is 5.92 Å². The molecule has 1 saturated heterocycles. The Balaban J connectivity index is 0.00000529. The Morgan fingerprint density at radius 2 is 1.67 bits per heavy atom. The van der Waals surface area contributed by atoms with E-state index in [0.29, 0.717) is 13.1 Å². The molecule has 1 fully saturated rings. The Kier molecular flexibility index (Phi) is 11.6. The second-order valence-electron chi connectivity index (χ2n) is 7.16. The topological polar surface area (TPSA) is 68.8 Å². The van der Waals surface area contributed by atoms with Crippen LogP contribution in [0.15, 0.2) is 4.99 Å². The van der Waals surface area contributed by atoms with E-state index in [1.54, 1.807) is 7.05 Å². The third-order valence-corrected chi connectivity index (χ3v) is 4.37. The lowest BCUT2D eigenvalue weighted by Crippen LogP contribution is -2.55. The maximum Gasteiger partial charge on any atom is 0.222 e. The number of nitrogens with zero attached hydrogens (tertiary/aromatic N) is 2. The summed E-state index contributed by atoms with van der Waals surface area (Å²) in [7, 11) is 1.77. The lowest BCUT2D eigenvalue weighted by atomic mass is 9.98. The van der Waals surface area contributed by atoms with Crippen molar-refractivity contribution in [2.45, 2.75) is 52.5 Å². The molecule has 0 aromatic rings. The number of amides is 1. The Labute approximate surface area is 164 Å². The fourth-order valence-electron chi connectivity index (χ4n) is 2.70. The highest BCUT2D eigenvalue weighted by Crippen LogP contribution is 2.19. The second-order valence-corrected chi connectivity index (χ2v) is 7.16. The molecule has 0 aromatic heterocycles. The fraction of sp³-hybridized carbons (Fsp3) is 0.882. The van der Waals surface area contributed by atoms with Crippen molar-refractivity contribution in [3.63, 3.8) is 0 Å². The number of carbonyl (C=O) groups excluding carboxylic acids is 1. The van der Waals surface area contributed by atoms with E-state index >= 15 is 0 Å². The molecule has 0 spiro atoms. The van der Waals surface area contributed by atoms with Gasteiger partial charge in [-0.1, -0.05) is 20.3 Å². The third-order valence-electron chi connectivity index (χ3n) is 4.37. The summed E-state index contributed by atoms with van der Waals surface area (Å²) < 4.78 is 0. The van der Waals surface area contributed by atoms with Crippen LogP contribution in [0.3, 0.4) is 0 Å². The van der Waals surface area contributed by atoms with Crippen LogP contribution < -0.4 is 16.0 Å². The van der Waals surface area contributed by atoms with Gasteiger partial charge in [0.2, 0.25) is 5.91 Å². The smallest absolute Gasteiger partial charge is 0.222 e. The number of rotatable bonds is 7. The average molecular weight is 453 g/mol. The summed E-state index contributed by atoms with van der Waals surface area (Å²) >= 11 is 0. The molecule has 6 nitrogen and oxygen atoms in total. The highest BCUT2D eigenvalue weighted by molar-refractivity contribution is 14.0. The Morgan fingerprint density at radius 1 is 1.08 bits per heavy atom. The zero-order chi connectivity index (χ0) is 17.3. The van der Waals surface area contributed by atoms with Crippen molar-refractivity contribution < 1.29 is 4.79 Å². The minimum absolute atomic E-state index is 0. The Hall–Kier alpha value is -0.570. The van der Waals surface area contributed by atoms with E-state index in [9.17, 15) is 4.79 Å². The van der Waals surface area contributed by atoms with Crippen LogP contribution in [0.4, 0.5) is 0 Å². The number of nitrogens with one attached hydrogen (secondary N) is 3. The fourth-order valence-corrected chi connectivity index (χ4v) is 2.70. The summed E-state index contributed by atoms with van der Waals surface area (Å²) in [6.45, 7) is 12.8. The normalized spacial score (nSPS) is 16.5. The minimum atomic E-state index is 0. The Morgan fingerprint density at radius 3 is 2.21 bits per heavy atom. The van der Waals surface area contributed by atoms with E-state index in [4.69, 9.17) is 0 Å². The summed E-state index contributed by atoms with van der Waals surface area (Å²) in [5, 5.41) is 9.54. The standard InChI is InChI=1S/C17H35N5O.HI/c1-14(2)15(23)19-9-10-20-16(18-5)21-13-17(3,4)22-11-7-6-8-12-22;/h14H,6-13H2,1-5H3,(H,19,23)(H2,18,20,21);1H. The van der Waals surface area contributed by atoms with Crippen molar-refractivity contribution in [1.82, 2.24) is 20.9 Å². The average Bonchev–Trinajstić information content (AvgIpc) is 2.54. The molecule has 0 aliphatic carbocycles. The number of hydrogen-bond donors (Lipinski definition) is 3. The molecule has 0 bridgehead atoms. The highest BCUT2D eigenvalue weighted by atomic mass is 127. The lowest BCUT2D eigenvalue weighted by Gasteiger charge is -2.41. The number of aliphatic imine (C=N–C) groups is 1. The van der Waals surface area contributed by atoms with Gasteiger partial charge in [-0.2, -0.15) is 0 Å². The van der Waals surface area contributed by atoms with E-state index in [0.717, 1.165) is 12.5 Å². The van der Waals surface area contributed by atoms with Gasteiger partial charge in [0.15, 0.2) is 5.96 Å². The first-order valence-corrected chi connectivity index (χ1v) is 8.84. The van der Waals surface area contributed by atoms with Gasteiger partial charge in [-0.25, -0.2) is 0 Å². The van der Waals surface area contributed by atoms with Crippen molar-refractivity contribution in [3.8, 4) is 0 Å². The molecule has 142 valence electrons. The zero-order valence-corrected chi connectivity index (χ0v) is 18.3. The highest BCUT2D eigenvalue weighted by Gasteiger charge is 2.27. The van der Waals surface area contributed by atoms with Crippen LogP contribution >= 0.6 is 24.0 Å².